The first-order valence-electron chi connectivity index (χ1n) is 10.2. The Morgan fingerprint density at radius 2 is 1.59 bits per heavy atom. The summed E-state index contributed by atoms with van der Waals surface area (Å²) in [5.74, 6) is 0.646. The molecule has 0 aliphatic carbocycles. The van der Waals surface area contributed by atoms with Gasteiger partial charge in [0.1, 0.15) is 0 Å². The minimum Gasteiger partial charge on any atom is -0.336 e. The van der Waals surface area contributed by atoms with Crippen molar-refractivity contribution in [1.82, 2.24) is 15.1 Å². The number of rotatable bonds is 4. The Kier molecular flexibility index (Phi) is 8.76. The number of halogens is 2. The molecule has 4 rings (SSSR count). The topological polar surface area (TPSA) is 64.7 Å². The smallest absolute Gasteiger partial charge is 0.253 e. The van der Waals surface area contributed by atoms with Crippen LogP contribution in [0, 0.1) is 5.92 Å². The molecule has 6 nitrogen and oxygen atoms in total. The minimum atomic E-state index is 0. The predicted molar refractivity (Wildman–Crippen MR) is 120 cm³/mol. The molecule has 0 spiro atoms. The van der Waals surface area contributed by atoms with E-state index in [0.29, 0.717) is 30.0 Å². The monoisotopic (exact) mass is 442 g/mol. The molecule has 162 valence electrons. The van der Waals surface area contributed by atoms with Crippen molar-refractivity contribution in [3.8, 4) is 0 Å². The van der Waals surface area contributed by atoms with Crippen molar-refractivity contribution in [3.05, 3.63) is 29.8 Å². The number of nitrogens with zero attached hydrogens (tertiary/aromatic N) is 2. The standard InChI is InChI=1S/C21H30N4O2.2ClH/c1-24-8-10-25(11-9-24)21(27)16-2-4-17(5-3-16)23-20(26)14-15-12-18-6-7-19(13-15)22-18;;/h2-5,15,18-19,22H,6-14H2,1H3,(H,23,26);2*1H. The van der Waals surface area contributed by atoms with E-state index in [1.807, 2.05) is 29.2 Å². The van der Waals surface area contributed by atoms with E-state index in [-0.39, 0.29) is 36.6 Å². The number of fused-ring (bicyclic) bond motifs is 2. The van der Waals surface area contributed by atoms with E-state index in [2.05, 4.69) is 22.6 Å². The molecule has 2 amide bonds. The Morgan fingerprint density at radius 1 is 1.00 bits per heavy atom. The first-order chi connectivity index (χ1) is 13.1. The van der Waals surface area contributed by atoms with Crippen molar-refractivity contribution in [2.45, 2.75) is 44.2 Å². The Morgan fingerprint density at radius 3 is 2.17 bits per heavy atom. The van der Waals surface area contributed by atoms with Crippen LogP contribution in [0.15, 0.2) is 24.3 Å². The van der Waals surface area contributed by atoms with E-state index in [9.17, 15) is 9.59 Å². The number of nitrogens with one attached hydrogen (secondary N) is 2. The number of piperidine rings is 1. The summed E-state index contributed by atoms with van der Waals surface area (Å²) in [5.41, 5.74) is 1.46. The maximum Gasteiger partial charge on any atom is 0.253 e. The summed E-state index contributed by atoms with van der Waals surface area (Å²) in [6.45, 7) is 3.37. The second-order valence-electron chi connectivity index (χ2n) is 8.40. The van der Waals surface area contributed by atoms with Gasteiger partial charge in [0.25, 0.3) is 5.91 Å². The maximum absolute atomic E-state index is 12.6. The molecule has 3 heterocycles. The lowest BCUT2D eigenvalue weighted by Gasteiger charge is -2.32. The number of amides is 2. The molecule has 1 aromatic rings. The summed E-state index contributed by atoms with van der Waals surface area (Å²) < 4.78 is 0. The number of carbonyl (C=O) groups is 2. The van der Waals surface area contributed by atoms with E-state index < -0.39 is 0 Å². The maximum atomic E-state index is 12.6. The van der Waals surface area contributed by atoms with Gasteiger partial charge in [0.15, 0.2) is 0 Å². The molecule has 3 aliphatic heterocycles. The number of hydrogen-bond donors (Lipinski definition) is 2. The van der Waals surface area contributed by atoms with Crippen LogP contribution in [0.1, 0.15) is 42.5 Å². The van der Waals surface area contributed by atoms with Gasteiger partial charge in [0.05, 0.1) is 0 Å². The summed E-state index contributed by atoms with van der Waals surface area (Å²) in [6, 6.07) is 8.55. The largest absolute Gasteiger partial charge is 0.336 e. The quantitative estimate of drug-likeness (QED) is 0.752. The number of piperazine rings is 1. The second kappa shape index (κ2) is 10.6. The highest BCUT2D eigenvalue weighted by molar-refractivity contribution is 5.96. The molecule has 2 atom stereocenters. The van der Waals surface area contributed by atoms with Crippen molar-refractivity contribution in [3.63, 3.8) is 0 Å². The molecule has 2 bridgehead atoms. The minimum absolute atomic E-state index is 0. The molecule has 0 radical (unpaired) electrons. The van der Waals surface area contributed by atoms with Crippen molar-refractivity contribution < 1.29 is 9.59 Å². The predicted octanol–water partition coefficient (Wildman–Crippen LogP) is 2.78. The first kappa shape index (κ1) is 23.9. The van der Waals surface area contributed by atoms with E-state index >= 15 is 0 Å². The summed E-state index contributed by atoms with van der Waals surface area (Å²) in [6.07, 6.45) is 5.33. The van der Waals surface area contributed by atoms with Gasteiger partial charge in [-0.15, -0.1) is 24.8 Å². The number of likely N-dealkylation sites (N-methyl/N-ethyl adjacent to an activating group) is 1. The van der Waals surface area contributed by atoms with Crippen LogP contribution in [0.25, 0.3) is 0 Å². The van der Waals surface area contributed by atoms with Crippen LogP contribution < -0.4 is 10.6 Å². The SMILES string of the molecule is CN1CCN(C(=O)c2ccc(NC(=O)CC3CC4CCC(C3)N4)cc2)CC1.Cl.Cl. The number of benzene rings is 1. The van der Waals surface area contributed by atoms with Gasteiger partial charge in [-0.25, -0.2) is 0 Å². The van der Waals surface area contributed by atoms with Gasteiger partial charge >= 0.3 is 0 Å². The number of hydrogen-bond acceptors (Lipinski definition) is 4. The van der Waals surface area contributed by atoms with Crippen LogP contribution in [0.3, 0.4) is 0 Å². The van der Waals surface area contributed by atoms with Crippen LogP contribution in [0.5, 0.6) is 0 Å². The number of carbonyl (C=O) groups excluding carboxylic acids is 2. The molecule has 3 aliphatic rings. The number of anilines is 1. The van der Waals surface area contributed by atoms with Crippen molar-refractivity contribution in [2.75, 3.05) is 38.5 Å². The zero-order chi connectivity index (χ0) is 18.8. The van der Waals surface area contributed by atoms with Gasteiger partial charge in [-0.2, -0.15) is 0 Å². The van der Waals surface area contributed by atoms with Crippen LogP contribution in [0.2, 0.25) is 0 Å². The van der Waals surface area contributed by atoms with Crippen molar-refractivity contribution >= 4 is 42.3 Å². The molecule has 2 unspecified atom stereocenters. The Labute approximate surface area is 185 Å². The lowest BCUT2D eigenvalue weighted by atomic mass is 9.89. The Balaban J connectivity index is 0.00000150. The molecular formula is C21H32Cl2N4O2. The molecule has 1 aromatic carbocycles. The molecule has 3 saturated heterocycles. The van der Waals surface area contributed by atoms with Gasteiger partial charge < -0.3 is 20.4 Å². The highest BCUT2D eigenvalue weighted by Gasteiger charge is 2.34. The molecular weight excluding hydrogens is 411 g/mol. The van der Waals surface area contributed by atoms with Gasteiger partial charge in [-0.3, -0.25) is 9.59 Å². The zero-order valence-electron chi connectivity index (χ0n) is 16.9. The fourth-order valence-electron chi connectivity index (χ4n) is 4.70. The van der Waals surface area contributed by atoms with E-state index in [0.717, 1.165) is 44.7 Å². The summed E-state index contributed by atoms with van der Waals surface area (Å²) in [4.78, 5) is 29.1. The van der Waals surface area contributed by atoms with E-state index in [1.165, 1.54) is 12.8 Å². The third-order valence-corrected chi connectivity index (χ3v) is 6.25. The second-order valence-corrected chi connectivity index (χ2v) is 8.40. The van der Waals surface area contributed by atoms with Crippen molar-refractivity contribution in [1.29, 1.82) is 0 Å². The lowest BCUT2D eigenvalue weighted by Crippen LogP contribution is -2.47. The van der Waals surface area contributed by atoms with Crippen LogP contribution in [-0.4, -0.2) is 66.9 Å². The molecule has 8 heteroatoms. The average Bonchev–Trinajstić information content (AvgIpc) is 3.00. The third kappa shape index (κ3) is 6.07. The fraction of sp³-hybridized carbons (Fsp3) is 0.619. The molecule has 0 aromatic heterocycles. The van der Waals surface area contributed by atoms with Crippen molar-refractivity contribution in [2.24, 2.45) is 5.92 Å². The van der Waals surface area contributed by atoms with Gasteiger partial charge in [-0.05, 0) is 62.9 Å². The molecule has 29 heavy (non-hydrogen) atoms. The first-order valence-corrected chi connectivity index (χ1v) is 10.2. The summed E-state index contributed by atoms with van der Waals surface area (Å²) in [7, 11) is 2.08. The normalized spacial score (nSPS) is 26.2. The Bertz CT molecular complexity index is 680. The van der Waals surface area contributed by atoms with Gasteiger partial charge in [0.2, 0.25) is 5.91 Å². The fourth-order valence-corrected chi connectivity index (χ4v) is 4.70. The van der Waals surface area contributed by atoms with Crippen LogP contribution >= 0.6 is 24.8 Å². The third-order valence-electron chi connectivity index (χ3n) is 6.25. The molecule has 3 fully saturated rings. The van der Waals surface area contributed by atoms with Crippen LogP contribution in [0.4, 0.5) is 5.69 Å². The van der Waals surface area contributed by atoms with E-state index in [4.69, 9.17) is 0 Å². The van der Waals surface area contributed by atoms with Gasteiger partial charge in [0, 0.05) is 55.9 Å². The lowest BCUT2D eigenvalue weighted by molar-refractivity contribution is -0.117. The summed E-state index contributed by atoms with van der Waals surface area (Å²) >= 11 is 0. The van der Waals surface area contributed by atoms with Gasteiger partial charge in [-0.1, -0.05) is 0 Å². The highest BCUT2D eigenvalue weighted by Crippen LogP contribution is 2.32. The zero-order valence-corrected chi connectivity index (χ0v) is 18.6. The van der Waals surface area contributed by atoms with Crippen LogP contribution in [-0.2, 0) is 4.79 Å². The molecule has 0 saturated carbocycles. The highest BCUT2D eigenvalue weighted by atomic mass is 35.5. The molecule has 2 N–H and O–H groups in total. The average molecular weight is 443 g/mol. The Hall–Kier alpha value is -1.34. The van der Waals surface area contributed by atoms with E-state index in [1.54, 1.807) is 0 Å². The summed E-state index contributed by atoms with van der Waals surface area (Å²) in [5, 5.41) is 6.62.